The molecule has 1 N–H and O–H groups in total. The van der Waals surface area contributed by atoms with Gasteiger partial charge in [-0.05, 0) is 18.2 Å². The van der Waals surface area contributed by atoms with Gasteiger partial charge in [0, 0.05) is 49.0 Å². The lowest BCUT2D eigenvalue weighted by molar-refractivity contribution is -0.306. The van der Waals surface area contributed by atoms with Gasteiger partial charge in [-0.25, -0.2) is 9.37 Å². The van der Waals surface area contributed by atoms with E-state index < -0.39 is 17.7 Å². The van der Waals surface area contributed by atoms with Crippen molar-refractivity contribution in [3.05, 3.63) is 50.4 Å². The van der Waals surface area contributed by atoms with Crippen LogP contribution in [0.25, 0.3) is 10.6 Å². The van der Waals surface area contributed by atoms with Crippen LogP contribution >= 0.6 is 45.9 Å². The molecular formula is C20H16Cl2FN4O3S2-. The first-order chi connectivity index (χ1) is 15.3. The van der Waals surface area contributed by atoms with Crippen LogP contribution in [0.15, 0.2) is 29.0 Å². The summed E-state index contributed by atoms with van der Waals surface area (Å²) >= 11 is 15.0. The van der Waals surface area contributed by atoms with Crippen LogP contribution in [0.5, 0.6) is 0 Å². The molecule has 0 bridgehead atoms. The lowest BCUT2D eigenvalue weighted by Gasteiger charge is -2.36. The van der Waals surface area contributed by atoms with Gasteiger partial charge in [-0.15, -0.1) is 22.7 Å². The monoisotopic (exact) mass is 513 g/mol. The van der Waals surface area contributed by atoms with E-state index in [-0.39, 0.29) is 22.8 Å². The Hall–Kier alpha value is -2.24. The van der Waals surface area contributed by atoms with E-state index in [4.69, 9.17) is 23.2 Å². The molecule has 0 atom stereocenters. The topological polar surface area (TPSA) is 88.6 Å². The van der Waals surface area contributed by atoms with E-state index >= 15 is 0 Å². The number of aromatic nitrogens is 1. The van der Waals surface area contributed by atoms with Gasteiger partial charge in [0.05, 0.1) is 32.3 Å². The highest BCUT2D eigenvalue weighted by atomic mass is 35.5. The summed E-state index contributed by atoms with van der Waals surface area (Å²) in [6.07, 6.45) is 0. The van der Waals surface area contributed by atoms with Crippen LogP contribution in [0.4, 0.5) is 15.2 Å². The number of hydrogen-bond donors (Lipinski definition) is 1. The Labute approximate surface area is 201 Å². The minimum atomic E-state index is -1.15. The molecule has 2 aromatic heterocycles. The van der Waals surface area contributed by atoms with Crippen molar-refractivity contribution in [1.29, 1.82) is 0 Å². The quantitative estimate of drug-likeness (QED) is 0.543. The summed E-state index contributed by atoms with van der Waals surface area (Å²) in [4.78, 5) is 32.1. The van der Waals surface area contributed by atoms with Crippen LogP contribution in [0.1, 0.15) is 10.4 Å². The third-order valence-electron chi connectivity index (χ3n) is 4.86. The summed E-state index contributed by atoms with van der Waals surface area (Å²) in [5.41, 5.74) is 0.963. The summed E-state index contributed by atoms with van der Waals surface area (Å²) in [5.74, 6) is -2.30. The molecule has 1 aromatic carbocycles. The molecule has 7 nitrogen and oxygen atoms in total. The van der Waals surface area contributed by atoms with Gasteiger partial charge in [0.15, 0.2) is 5.13 Å². The largest absolute Gasteiger partial charge is 0.549 e. The molecule has 168 valence electrons. The molecule has 1 amide bonds. The number of rotatable bonds is 6. The molecule has 1 aliphatic rings. The molecular weight excluding hydrogens is 498 g/mol. The second kappa shape index (κ2) is 9.72. The normalized spacial score (nSPS) is 14.5. The van der Waals surface area contributed by atoms with Gasteiger partial charge in [-0.2, -0.15) is 0 Å². The van der Waals surface area contributed by atoms with Gasteiger partial charge in [0.25, 0.3) is 5.91 Å². The average Bonchev–Trinajstić information content (AvgIpc) is 3.37. The SMILES string of the molecule is O=C([O-])CN1CCN(c2c(F)cc(C(=O)Nc3nc(-c4cc(Cl)cs4)cs3)cc2Cl)CC1. The van der Waals surface area contributed by atoms with E-state index in [2.05, 4.69) is 10.3 Å². The molecule has 0 saturated carbocycles. The van der Waals surface area contributed by atoms with Crippen LogP contribution in [0, 0.1) is 5.82 Å². The maximum absolute atomic E-state index is 14.9. The minimum Gasteiger partial charge on any atom is -0.549 e. The molecule has 0 spiro atoms. The first-order valence-electron chi connectivity index (χ1n) is 9.47. The number of aliphatic carboxylic acids is 1. The Kier molecular flexibility index (Phi) is 6.96. The summed E-state index contributed by atoms with van der Waals surface area (Å²) in [5, 5.41) is 18.1. The lowest BCUT2D eigenvalue weighted by atomic mass is 10.1. The summed E-state index contributed by atoms with van der Waals surface area (Å²) in [6, 6.07) is 4.34. The number of carboxylic acid groups (broad SMARTS) is 1. The maximum Gasteiger partial charge on any atom is 0.257 e. The maximum atomic E-state index is 14.9. The van der Waals surface area contributed by atoms with E-state index in [1.165, 1.54) is 28.7 Å². The Bertz CT molecular complexity index is 1140. The number of benzene rings is 1. The number of thiophene rings is 1. The second-order valence-corrected chi connectivity index (χ2v) is 9.66. The highest BCUT2D eigenvalue weighted by Crippen LogP contribution is 2.33. The molecule has 3 heterocycles. The number of carboxylic acids is 1. The number of hydrogen-bond acceptors (Lipinski definition) is 8. The van der Waals surface area contributed by atoms with Gasteiger partial charge in [-0.1, -0.05) is 23.2 Å². The Morgan fingerprint density at radius 1 is 1.12 bits per heavy atom. The average molecular weight is 514 g/mol. The summed E-state index contributed by atoms with van der Waals surface area (Å²) in [6.45, 7) is 1.52. The van der Waals surface area contributed by atoms with Crippen LogP contribution < -0.4 is 15.3 Å². The van der Waals surface area contributed by atoms with Crippen LogP contribution in [0.3, 0.4) is 0 Å². The van der Waals surface area contributed by atoms with Crippen molar-refractivity contribution in [3.63, 3.8) is 0 Å². The second-order valence-electron chi connectivity index (χ2n) is 7.04. The number of piperazine rings is 1. The van der Waals surface area contributed by atoms with E-state index in [1.54, 1.807) is 26.6 Å². The Morgan fingerprint density at radius 3 is 2.50 bits per heavy atom. The third-order valence-corrected chi connectivity index (χ3v) is 7.21. The Morgan fingerprint density at radius 2 is 1.88 bits per heavy atom. The van der Waals surface area contributed by atoms with Gasteiger partial charge < -0.3 is 14.8 Å². The molecule has 0 radical (unpaired) electrons. The molecule has 0 unspecified atom stereocenters. The molecule has 4 rings (SSSR count). The molecule has 1 saturated heterocycles. The molecule has 1 fully saturated rings. The van der Waals surface area contributed by atoms with Crippen molar-refractivity contribution < 1.29 is 19.1 Å². The highest BCUT2D eigenvalue weighted by molar-refractivity contribution is 7.16. The number of nitrogens with zero attached hydrogens (tertiary/aromatic N) is 3. The molecule has 0 aliphatic carbocycles. The van der Waals surface area contributed by atoms with Crippen molar-refractivity contribution in [2.45, 2.75) is 0 Å². The molecule has 32 heavy (non-hydrogen) atoms. The fraction of sp³-hybridized carbons (Fsp3) is 0.250. The van der Waals surface area contributed by atoms with Crippen LogP contribution in [0.2, 0.25) is 10.0 Å². The standard InChI is InChI=1S/C20H17Cl2FN4O3S2/c21-12-7-16(31-9-12)15-10-32-20(24-15)25-19(30)11-5-13(22)18(14(23)6-11)27-3-1-26(2-4-27)8-17(28)29/h5-7,9-10H,1-4,8H2,(H,28,29)(H,24,25,30)/p-1. The predicted octanol–water partition coefficient (Wildman–Crippen LogP) is 3.44. The van der Waals surface area contributed by atoms with Crippen molar-refractivity contribution in [2.75, 3.05) is 42.9 Å². The van der Waals surface area contributed by atoms with Crippen LogP contribution in [-0.4, -0.2) is 54.5 Å². The zero-order chi connectivity index (χ0) is 22.8. The van der Waals surface area contributed by atoms with Crippen molar-refractivity contribution in [2.24, 2.45) is 0 Å². The van der Waals surface area contributed by atoms with Gasteiger partial charge in [-0.3, -0.25) is 15.0 Å². The number of carbonyl (C=O) groups is 2. The third kappa shape index (κ3) is 5.21. The van der Waals surface area contributed by atoms with Gasteiger partial charge >= 0.3 is 0 Å². The van der Waals surface area contributed by atoms with Gasteiger partial charge in [0.2, 0.25) is 0 Å². The molecule has 12 heteroatoms. The van der Waals surface area contributed by atoms with Crippen molar-refractivity contribution in [1.82, 2.24) is 9.88 Å². The minimum absolute atomic E-state index is 0.0720. The van der Waals surface area contributed by atoms with Crippen molar-refractivity contribution in [3.8, 4) is 10.6 Å². The fourth-order valence-electron chi connectivity index (χ4n) is 3.37. The first-order valence-corrected chi connectivity index (χ1v) is 12.0. The lowest BCUT2D eigenvalue weighted by Crippen LogP contribution is -2.50. The Balaban J connectivity index is 1.44. The van der Waals surface area contributed by atoms with E-state index in [0.29, 0.717) is 42.0 Å². The van der Waals surface area contributed by atoms with Crippen molar-refractivity contribution >= 4 is 68.6 Å². The smallest absolute Gasteiger partial charge is 0.257 e. The number of nitrogens with one attached hydrogen (secondary N) is 1. The predicted molar refractivity (Wildman–Crippen MR) is 123 cm³/mol. The molecule has 1 aliphatic heterocycles. The number of thiazole rings is 1. The molecule has 3 aromatic rings. The number of carbonyl (C=O) groups excluding carboxylic acids is 2. The van der Waals surface area contributed by atoms with E-state index in [0.717, 1.165) is 10.9 Å². The van der Waals surface area contributed by atoms with E-state index in [1.807, 2.05) is 0 Å². The zero-order valence-corrected chi connectivity index (χ0v) is 19.6. The number of anilines is 2. The number of halogens is 3. The van der Waals surface area contributed by atoms with E-state index in [9.17, 15) is 19.1 Å². The first kappa shape index (κ1) is 22.9. The fourth-order valence-corrected chi connectivity index (χ4v) is 5.51. The summed E-state index contributed by atoms with van der Waals surface area (Å²) < 4.78 is 14.9. The summed E-state index contributed by atoms with van der Waals surface area (Å²) in [7, 11) is 0. The van der Waals surface area contributed by atoms with Crippen LogP contribution in [-0.2, 0) is 4.79 Å². The highest BCUT2D eigenvalue weighted by Gasteiger charge is 2.23. The zero-order valence-electron chi connectivity index (χ0n) is 16.4. The number of amides is 1. The van der Waals surface area contributed by atoms with Gasteiger partial charge in [0.1, 0.15) is 5.82 Å².